The molecule has 0 spiro atoms. The van der Waals surface area contributed by atoms with Crippen molar-refractivity contribution in [3.8, 4) is 0 Å². The van der Waals surface area contributed by atoms with E-state index in [1.54, 1.807) is 0 Å². The minimum absolute atomic E-state index is 0.0245. The van der Waals surface area contributed by atoms with E-state index in [0.717, 1.165) is 19.3 Å². The predicted octanol–water partition coefficient (Wildman–Crippen LogP) is 2.18. The van der Waals surface area contributed by atoms with Gasteiger partial charge in [0, 0.05) is 23.3 Å². The summed E-state index contributed by atoms with van der Waals surface area (Å²) in [5.41, 5.74) is 0. The Bertz CT molecular complexity index is 683. The van der Waals surface area contributed by atoms with Crippen LogP contribution in [-0.4, -0.2) is 33.7 Å². The molecule has 1 saturated heterocycles. The van der Waals surface area contributed by atoms with E-state index in [9.17, 15) is 16.8 Å². The molecule has 5 nitrogen and oxygen atoms in total. The van der Waals surface area contributed by atoms with Crippen LogP contribution in [0.1, 0.15) is 26.2 Å². The van der Waals surface area contributed by atoms with Crippen molar-refractivity contribution in [2.45, 2.75) is 42.0 Å². The second kappa shape index (κ2) is 5.63. The van der Waals surface area contributed by atoms with Crippen LogP contribution in [-0.2, 0) is 19.1 Å². The van der Waals surface area contributed by atoms with E-state index in [-0.39, 0.29) is 15.8 Å². The molecular weight excluding hydrogens is 322 g/mol. The lowest BCUT2D eigenvalue weighted by Crippen LogP contribution is -2.35. The second-order valence-corrected chi connectivity index (χ2v) is 9.19. The Morgan fingerprint density at radius 3 is 2.20 bits per heavy atom. The molecule has 112 valence electrons. The largest absolute Gasteiger partial charge is 0.261 e. The first-order valence-electron chi connectivity index (χ1n) is 6.33. The lowest BCUT2D eigenvalue weighted by atomic mass is 10.2. The molecule has 0 aromatic heterocycles. The molecule has 0 radical (unpaired) electrons. The van der Waals surface area contributed by atoms with Crippen LogP contribution in [0.2, 0.25) is 0 Å². The first-order valence-corrected chi connectivity index (χ1v) is 10.1. The Morgan fingerprint density at radius 2 is 1.70 bits per heavy atom. The zero-order valence-electron chi connectivity index (χ0n) is 11.0. The molecule has 1 aromatic carbocycles. The average Bonchev–Trinajstić information content (AvgIpc) is 2.87. The Labute approximate surface area is 124 Å². The number of nitrogens with zero attached hydrogens (tertiary/aromatic N) is 1. The Morgan fingerprint density at radius 1 is 1.15 bits per heavy atom. The van der Waals surface area contributed by atoms with Gasteiger partial charge in [0.15, 0.2) is 0 Å². The van der Waals surface area contributed by atoms with Gasteiger partial charge < -0.3 is 0 Å². The summed E-state index contributed by atoms with van der Waals surface area (Å²) in [6.07, 6.45) is 2.49. The third-order valence-corrected chi connectivity index (χ3v) is 6.84. The highest BCUT2D eigenvalue weighted by Gasteiger charge is 2.34. The lowest BCUT2D eigenvalue weighted by Gasteiger charge is -2.23. The standard InChI is InChI=1S/C12H16ClNO4S2/c1-2-10-4-3-9-14(10)20(17,18)12-7-5-11(6-8-12)19(13,15)16/h5-8,10H,2-4,9H2,1H3. The first kappa shape index (κ1) is 15.8. The van der Waals surface area contributed by atoms with Crippen molar-refractivity contribution in [1.82, 2.24) is 4.31 Å². The van der Waals surface area contributed by atoms with Gasteiger partial charge in [0.25, 0.3) is 9.05 Å². The maximum atomic E-state index is 12.5. The summed E-state index contributed by atoms with van der Waals surface area (Å²) in [7, 11) is -2.19. The molecule has 1 atom stereocenters. The van der Waals surface area contributed by atoms with Gasteiger partial charge in [-0.2, -0.15) is 4.31 Å². The van der Waals surface area contributed by atoms with E-state index < -0.39 is 19.1 Å². The molecule has 0 aliphatic carbocycles. The summed E-state index contributed by atoms with van der Waals surface area (Å²) in [5, 5.41) is 0. The molecule has 1 heterocycles. The van der Waals surface area contributed by atoms with Crippen molar-refractivity contribution in [2.24, 2.45) is 0 Å². The molecule has 2 rings (SSSR count). The number of hydrogen-bond donors (Lipinski definition) is 0. The lowest BCUT2D eigenvalue weighted by molar-refractivity contribution is 0.379. The van der Waals surface area contributed by atoms with Crippen LogP contribution in [0.15, 0.2) is 34.1 Å². The quantitative estimate of drug-likeness (QED) is 0.789. The monoisotopic (exact) mass is 337 g/mol. The smallest absolute Gasteiger partial charge is 0.207 e. The van der Waals surface area contributed by atoms with Gasteiger partial charge in [0.05, 0.1) is 9.79 Å². The fourth-order valence-corrected chi connectivity index (χ4v) is 4.98. The van der Waals surface area contributed by atoms with Gasteiger partial charge in [-0.15, -0.1) is 0 Å². The Balaban J connectivity index is 2.35. The van der Waals surface area contributed by atoms with Crippen molar-refractivity contribution in [3.63, 3.8) is 0 Å². The molecule has 1 fully saturated rings. The third-order valence-electron chi connectivity index (χ3n) is 3.51. The van der Waals surface area contributed by atoms with Crippen molar-refractivity contribution in [3.05, 3.63) is 24.3 Å². The molecule has 1 aliphatic rings. The van der Waals surface area contributed by atoms with Crippen LogP contribution >= 0.6 is 10.7 Å². The molecule has 20 heavy (non-hydrogen) atoms. The summed E-state index contributed by atoms with van der Waals surface area (Å²) < 4.78 is 48.8. The number of rotatable bonds is 4. The predicted molar refractivity (Wildman–Crippen MR) is 76.7 cm³/mol. The van der Waals surface area contributed by atoms with Gasteiger partial charge in [-0.05, 0) is 43.5 Å². The highest BCUT2D eigenvalue weighted by atomic mass is 35.7. The SMILES string of the molecule is CCC1CCCN1S(=O)(=O)c1ccc(S(=O)(=O)Cl)cc1. The molecule has 0 N–H and O–H groups in total. The maximum Gasteiger partial charge on any atom is 0.261 e. The normalized spacial score (nSPS) is 21.2. The van der Waals surface area contributed by atoms with Crippen LogP contribution < -0.4 is 0 Å². The van der Waals surface area contributed by atoms with Gasteiger partial charge >= 0.3 is 0 Å². The summed E-state index contributed by atoms with van der Waals surface area (Å²) in [6, 6.07) is 5.03. The van der Waals surface area contributed by atoms with Crippen molar-refractivity contribution in [1.29, 1.82) is 0 Å². The molecule has 1 aromatic rings. The highest BCUT2D eigenvalue weighted by molar-refractivity contribution is 8.13. The van der Waals surface area contributed by atoms with Crippen molar-refractivity contribution < 1.29 is 16.8 Å². The van der Waals surface area contributed by atoms with E-state index in [1.165, 1.54) is 28.6 Å². The molecule has 1 aliphatic heterocycles. The van der Waals surface area contributed by atoms with E-state index in [0.29, 0.717) is 6.54 Å². The van der Waals surface area contributed by atoms with Gasteiger partial charge in [-0.1, -0.05) is 6.92 Å². The molecule has 0 saturated carbocycles. The molecule has 1 unspecified atom stereocenters. The number of hydrogen-bond acceptors (Lipinski definition) is 4. The fourth-order valence-electron chi connectivity index (χ4n) is 2.44. The fraction of sp³-hybridized carbons (Fsp3) is 0.500. The van der Waals surface area contributed by atoms with Crippen LogP contribution in [0.25, 0.3) is 0 Å². The molecular formula is C12H16ClNO4S2. The topological polar surface area (TPSA) is 71.5 Å². The van der Waals surface area contributed by atoms with E-state index in [4.69, 9.17) is 10.7 Å². The van der Waals surface area contributed by atoms with Gasteiger partial charge in [0.2, 0.25) is 10.0 Å². The summed E-state index contributed by atoms with van der Waals surface area (Å²) >= 11 is 0. The molecule has 0 bridgehead atoms. The van der Waals surface area contributed by atoms with Gasteiger partial charge in [-0.3, -0.25) is 0 Å². The molecule has 0 amide bonds. The van der Waals surface area contributed by atoms with Crippen LogP contribution in [0.3, 0.4) is 0 Å². The first-order chi connectivity index (χ1) is 9.26. The van der Waals surface area contributed by atoms with Crippen molar-refractivity contribution >= 4 is 29.8 Å². The minimum Gasteiger partial charge on any atom is -0.207 e. The maximum absolute atomic E-state index is 12.5. The minimum atomic E-state index is -3.84. The summed E-state index contributed by atoms with van der Waals surface area (Å²) in [4.78, 5) is -0.00602. The van der Waals surface area contributed by atoms with E-state index in [2.05, 4.69) is 0 Å². The van der Waals surface area contributed by atoms with E-state index in [1.807, 2.05) is 6.92 Å². The van der Waals surface area contributed by atoms with E-state index >= 15 is 0 Å². The Hall–Kier alpha value is -0.630. The van der Waals surface area contributed by atoms with Crippen molar-refractivity contribution in [2.75, 3.05) is 6.54 Å². The third kappa shape index (κ3) is 3.00. The van der Waals surface area contributed by atoms with Gasteiger partial charge in [-0.25, -0.2) is 16.8 Å². The van der Waals surface area contributed by atoms with Crippen LogP contribution in [0.4, 0.5) is 0 Å². The Kier molecular flexibility index (Phi) is 4.44. The zero-order chi connectivity index (χ0) is 15.0. The average molecular weight is 338 g/mol. The summed E-state index contributed by atoms with van der Waals surface area (Å²) in [6.45, 7) is 2.47. The van der Waals surface area contributed by atoms with Gasteiger partial charge in [0.1, 0.15) is 0 Å². The van der Waals surface area contributed by atoms with Crippen LogP contribution in [0.5, 0.6) is 0 Å². The second-order valence-electron chi connectivity index (χ2n) is 4.73. The summed E-state index contributed by atoms with van der Waals surface area (Å²) in [5.74, 6) is 0. The zero-order valence-corrected chi connectivity index (χ0v) is 13.4. The van der Waals surface area contributed by atoms with Crippen LogP contribution in [0, 0.1) is 0 Å². The number of halogens is 1. The number of benzene rings is 1. The highest BCUT2D eigenvalue weighted by Crippen LogP contribution is 2.28. The molecule has 8 heteroatoms. The number of sulfonamides is 1.